The summed E-state index contributed by atoms with van der Waals surface area (Å²) in [5.74, 6) is 0.500. The number of carbonyl (C=O) groups is 1. The van der Waals surface area contributed by atoms with Crippen molar-refractivity contribution in [1.29, 1.82) is 0 Å². The van der Waals surface area contributed by atoms with Gasteiger partial charge in [0.15, 0.2) is 0 Å². The molecule has 0 heterocycles. The molecule has 84 valence electrons. The summed E-state index contributed by atoms with van der Waals surface area (Å²) in [6.45, 7) is 10.5. The van der Waals surface area contributed by atoms with Crippen LogP contribution in [0.1, 0.15) is 34.6 Å². The molecule has 0 aromatic heterocycles. The lowest BCUT2D eigenvalue weighted by Gasteiger charge is -2.25. The van der Waals surface area contributed by atoms with Gasteiger partial charge in [-0.05, 0) is 26.7 Å². The first-order chi connectivity index (χ1) is 6.22. The van der Waals surface area contributed by atoms with Gasteiger partial charge in [0.25, 0.3) is 0 Å². The van der Waals surface area contributed by atoms with Gasteiger partial charge < -0.3 is 4.74 Å². The Morgan fingerprint density at radius 1 is 1.43 bits per heavy atom. The van der Waals surface area contributed by atoms with E-state index in [9.17, 15) is 4.79 Å². The van der Waals surface area contributed by atoms with Gasteiger partial charge >= 0.3 is 6.09 Å². The molecule has 0 aliphatic carbocycles. The second-order valence-corrected chi connectivity index (χ2v) is 4.80. The lowest BCUT2D eigenvalue weighted by atomic mass is 10.2. The predicted molar refractivity (Wildman–Crippen MR) is 56.8 cm³/mol. The van der Waals surface area contributed by atoms with E-state index < -0.39 is 5.60 Å². The van der Waals surface area contributed by atoms with Gasteiger partial charge in [-0.15, -0.1) is 0 Å². The molecule has 0 unspecified atom stereocenters. The van der Waals surface area contributed by atoms with Crippen LogP contribution in [0.15, 0.2) is 0 Å². The average Bonchev–Trinajstić information content (AvgIpc) is 1.96. The van der Waals surface area contributed by atoms with Crippen molar-refractivity contribution in [3.05, 3.63) is 0 Å². The Kier molecular flexibility index (Phi) is 4.91. The summed E-state index contributed by atoms with van der Waals surface area (Å²) in [5.41, 5.74) is 2.52. The summed E-state index contributed by atoms with van der Waals surface area (Å²) in [6.07, 6.45) is -0.349. The zero-order chi connectivity index (χ0) is 11.4. The van der Waals surface area contributed by atoms with Crippen molar-refractivity contribution in [1.82, 2.24) is 10.4 Å². The Bertz CT molecular complexity index is 185. The molecule has 14 heavy (non-hydrogen) atoms. The molecule has 0 aromatic rings. The van der Waals surface area contributed by atoms with E-state index in [1.54, 1.807) is 7.05 Å². The van der Waals surface area contributed by atoms with Gasteiger partial charge in [-0.3, -0.25) is 0 Å². The van der Waals surface area contributed by atoms with Crippen molar-refractivity contribution in [3.63, 3.8) is 0 Å². The number of hydrogen-bond acceptors (Lipinski definition) is 3. The highest BCUT2D eigenvalue weighted by Crippen LogP contribution is 2.08. The molecule has 0 fully saturated rings. The third-order valence-corrected chi connectivity index (χ3v) is 1.40. The molecule has 4 heteroatoms. The normalized spacial score (nSPS) is 11.6. The summed E-state index contributed by atoms with van der Waals surface area (Å²) in [7, 11) is 1.66. The first kappa shape index (κ1) is 13.2. The van der Waals surface area contributed by atoms with E-state index >= 15 is 0 Å². The number of nitrogens with zero attached hydrogens (tertiary/aromatic N) is 1. The Balaban J connectivity index is 3.88. The maximum atomic E-state index is 11.4. The molecule has 1 amide bonds. The molecule has 0 radical (unpaired) electrons. The minimum Gasteiger partial charge on any atom is -0.443 e. The molecule has 0 spiro atoms. The van der Waals surface area contributed by atoms with Gasteiger partial charge in [-0.2, -0.15) is 0 Å². The second kappa shape index (κ2) is 5.20. The van der Waals surface area contributed by atoms with Crippen LogP contribution in [-0.2, 0) is 4.74 Å². The largest absolute Gasteiger partial charge is 0.443 e. The molecule has 0 saturated carbocycles. The fourth-order valence-electron chi connectivity index (χ4n) is 0.714. The molecule has 0 saturated heterocycles. The number of nitrogens with one attached hydrogen (secondary N) is 1. The highest BCUT2D eigenvalue weighted by Gasteiger charge is 2.19. The Labute approximate surface area is 86.6 Å². The van der Waals surface area contributed by atoms with Crippen LogP contribution in [0.25, 0.3) is 0 Å². The summed E-state index contributed by atoms with van der Waals surface area (Å²) in [6, 6.07) is 0. The van der Waals surface area contributed by atoms with Crippen molar-refractivity contribution in [2.45, 2.75) is 40.2 Å². The molecule has 0 aliphatic rings. The van der Waals surface area contributed by atoms with E-state index in [0.717, 1.165) is 6.54 Å². The topological polar surface area (TPSA) is 41.6 Å². The van der Waals surface area contributed by atoms with E-state index in [-0.39, 0.29) is 6.09 Å². The minimum absolute atomic E-state index is 0.349. The van der Waals surface area contributed by atoms with Crippen LogP contribution in [-0.4, -0.2) is 30.3 Å². The van der Waals surface area contributed by atoms with Crippen molar-refractivity contribution in [2.75, 3.05) is 13.6 Å². The molecular formula is C10H22N2O2. The number of amides is 1. The lowest BCUT2D eigenvalue weighted by Crippen LogP contribution is -2.44. The second-order valence-electron chi connectivity index (χ2n) is 4.80. The van der Waals surface area contributed by atoms with Crippen LogP contribution in [0, 0.1) is 5.92 Å². The molecule has 0 aliphatic heterocycles. The maximum absolute atomic E-state index is 11.4. The molecular weight excluding hydrogens is 180 g/mol. The Morgan fingerprint density at radius 3 is 2.29 bits per heavy atom. The summed E-state index contributed by atoms with van der Waals surface area (Å²) < 4.78 is 5.16. The van der Waals surface area contributed by atoms with Gasteiger partial charge in [-0.1, -0.05) is 13.8 Å². The van der Waals surface area contributed by atoms with E-state index in [1.165, 1.54) is 5.01 Å². The van der Waals surface area contributed by atoms with E-state index in [0.29, 0.717) is 5.92 Å². The van der Waals surface area contributed by atoms with E-state index in [1.807, 2.05) is 20.8 Å². The van der Waals surface area contributed by atoms with Crippen molar-refractivity contribution in [2.24, 2.45) is 5.92 Å². The monoisotopic (exact) mass is 202 g/mol. The first-order valence-electron chi connectivity index (χ1n) is 4.92. The van der Waals surface area contributed by atoms with Crippen molar-refractivity contribution in [3.8, 4) is 0 Å². The van der Waals surface area contributed by atoms with Crippen molar-refractivity contribution >= 4 is 6.09 Å². The van der Waals surface area contributed by atoms with E-state index in [2.05, 4.69) is 19.3 Å². The van der Waals surface area contributed by atoms with Crippen LogP contribution in [0.5, 0.6) is 0 Å². The zero-order valence-corrected chi connectivity index (χ0v) is 10.0. The smallest absolute Gasteiger partial charge is 0.424 e. The average molecular weight is 202 g/mol. The SMILES string of the molecule is CC(C)CNN(C)C(=O)OC(C)(C)C. The third-order valence-electron chi connectivity index (χ3n) is 1.40. The maximum Gasteiger partial charge on any atom is 0.424 e. The minimum atomic E-state index is -0.440. The van der Waals surface area contributed by atoms with Gasteiger partial charge in [0.1, 0.15) is 5.60 Å². The number of carbonyl (C=O) groups excluding carboxylic acids is 1. The predicted octanol–water partition coefficient (Wildman–Crippen LogP) is 2.01. The van der Waals surface area contributed by atoms with Crippen molar-refractivity contribution < 1.29 is 9.53 Å². The summed E-state index contributed by atoms with van der Waals surface area (Å²) in [4.78, 5) is 11.4. The quantitative estimate of drug-likeness (QED) is 0.712. The first-order valence-corrected chi connectivity index (χ1v) is 4.92. The highest BCUT2D eigenvalue weighted by atomic mass is 16.6. The van der Waals surface area contributed by atoms with Gasteiger partial charge in [-0.25, -0.2) is 15.2 Å². The number of hydrogen-bond donors (Lipinski definition) is 1. The van der Waals surface area contributed by atoms with Crippen LogP contribution >= 0.6 is 0 Å². The van der Waals surface area contributed by atoms with Gasteiger partial charge in [0, 0.05) is 13.6 Å². The highest BCUT2D eigenvalue weighted by molar-refractivity contribution is 5.67. The molecule has 0 aromatic carbocycles. The number of ether oxygens (including phenoxy) is 1. The fraction of sp³-hybridized carbons (Fsp3) is 0.900. The molecule has 4 nitrogen and oxygen atoms in total. The number of rotatable bonds is 3. The fourth-order valence-corrected chi connectivity index (χ4v) is 0.714. The lowest BCUT2D eigenvalue weighted by molar-refractivity contribution is 0.0195. The van der Waals surface area contributed by atoms with Crippen LogP contribution in [0.2, 0.25) is 0 Å². The molecule has 0 bridgehead atoms. The summed E-state index contributed by atoms with van der Waals surface area (Å²) >= 11 is 0. The number of hydrazine groups is 1. The Morgan fingerprint density at radius 2 is 1.93 bits per heavy atom. The Hall–Kier alpha value is -0.770. The molecule has 0 atom stereocenters. The standard InChI is InChI=1S/C10H22N2O2/c1-8(2)7-11-12(6)9(13)14-10(3,4)5/h8,11H,7H2,1-6H3. The zero-order valence-electron chi connectivity index (χ0n) is 10.0. The summed E-state index contributed by atoms with van der Waals surface area (Å²) in [5, 5.41) is 1.38. The van der Waals surface area contributed by atoms with Gasteiger partial charge in [0.05, 0.1) is 0 Å². The van der Waals surface area contributed by atoms with Crippen LogP contribution in [0.3, 0.4) is 0 Å². The van der Waals surface area contributed by atoms with Crippen LogP contribution < -0.4 is 5.43 Å². The van der Waals surface area contributed by atoms with Gasteiger partial charge in [0.2, 0.25) is 0 Å². The third kappa shape index (κ3) is 6.71. The molecule has 0 rings (SSSR count). The molecule has 1 N–H and O–H groups in total. The van der Waals surface area contributed by atoms with Crippen LogP contribution in [0.4, 0.5) is 4.79 Å². The van der Waals surface area contributed by atoms with E-state index in [4.69, 9.17) is 4.74 Å².